The highest BCUT2D eigenvalue weighted by atomic mass is 35.5. The van der Waals surface area contributed by atoms with Gasteiger partial charge in [-0.15, -0.1) is 0 Å². The number of benzene rings is 1. The molecule has 3 fully saturated rings. The molecule has 0 aromatic heterocycles. The average Bonchev–Trinajstić information content (AvgIpc) is 2.67. The van der Waals surface area contributed by atoms with Crippen LogP contribution in [0.25, 0.3) is 0 Å². The zero-order valence-corrected chi connectivity index (χ0v) is 15.9. The second kappa shape index (κ2) is 7.88. The van der Waals surface area contributed by atoms with Crippen LogP contribution in [0.5, 0.6) is 0 Å². The second-order valence-corrected chi connectivity index (χ2v) is 8.06. The van der Waals surface area contributed by atoms with E-state index in [2.05, 4.69) is 21.9 Å². The molecule has 1 saturated carbocycles. The SMILES string of the molecule is OC1(C#Cc2cccc(Cl)c2)CCCC2C1CCCN2N1CCOCC1. The van der Waals surface area contributed by atoms with Crippen molar-refractivity contribution < 1.29 is 9.84 Å². The molecule has 0 spiro atoms. The molecule has 1 N–H and O–H groups in total. The van der Waals surface area contributed by atoms with Crippen molar-refractivity contribution in [3.63, 3.8) is 0 Å². The third kappa shape index (κ3) is 3.78. The molecule has 26 heavy (non-hydrogen) atoms. The van der Waals surface area contributed by atoms with Gasteiger partial charge in [0, 0.05) is 42.2 Å². The molecule has 140 valence electrons. The summed E-state index contributed by atoms with van der Waals surface area (Å²) in [6, 6.07) is 7.94. The zero-order chi connectivity index (χ0) is 18.0. The summed E-state index contributed by atoms with van der Waals surface area (Å²) >= 11 is 6.06. The van der Waals surface area contributed by atoms with Crippen molar-refractivity contribution in [3.05, 3.63) is 34.9 Å². The summed E-state index contributed by atoms with van der Waals surface area (Å²) in [5.41, 5.74) is -0.0372. The first-order valence-electron chi connectivity index (χ1n) is 9.76. The Balaban J connectivity index is 1.55. The first kappa shape index (κ1) is 18.3. The highest BCUT2D eigenvalue weighted by Gasteiger charge is 2.48. The van der Waals surface area contributed by atoms with Crippen LogP contribution in [0.3, 0.4) is 0 Å². The molecular weight excluding hydrogens is 348 g/mol. The van der Waals surface area contributed by atoms with Crippen LogP contribution in [-0.4, -0.2) is 59.6 Å². The minimum Gasteiger partial charge on any atom is -0.379 e. The molecule has 3 atom stereocenters. The number of hydrogen-bond acceptors (Lipinski definition) is 4. The van der Waals surface area contributed by atoms with Gasteiger partial charge in [-0.25, -0.2) is 10.0 Å². The highest BCUT2D eigenvalue weighted by Crippen LogP contribution is 2.42. The molecule has 2 aliphatic heterocycles. The van der Waals surface area contributed by atoms with E-state index in [0.717, 1.165) is 70.5 Å². The molecule has 4 rings (SSSR count). The van der Waals surface area contributed by atoms with Crippen LogP contribution in [0.15, 0.2) is 24.3 Å². The van der Waals surface area contributed by atoms with Gasteiger partial charge in [-0.3, -0.25) is 0 Å². The standard InChI is InChI=1S/C21H27ClN2O2/c22-18-5-1-4-17(16-18)8-10-21(25)9-2-7-20-19(21)6-3-11-24(20)23-12-14-26-15-13-23/h1,4-5,16,19-20,25H,2-3,6-7,9,11-15H2. The van der Waals surface area contributed by atoms with E-state index >= 15 is 0 Å². The van der Waals surface area contributed by atoms with Crippen LogP contribution in [0, 0.1) is 17.8 Å². The maximum absolute atomic E-state index is 11.4. The molecule has 0 radical (unpaired) electrons. The quantitative estimate of drug-likeness (QED) is 0.767. The maximum atomic E-state index is 11.4. The van der Waals surface area contributed by atoms with Crippen LogP contribution in [-0.2, 0) is 4.74 Å². The number of fused-ring (bicyclic) bond motifs is 1. The number of halogens is 1. The van der Waals surface area contributed by atoms with E-state index in [-0.39, 0.29) is 5.92 Å². The van der Waals surface area contributed by atoms with Crippen molar-refractivity contribution in [3.8, 4) is 11.8 Å². The number of hydrazine groups is 1. The third-order valence-electron chi connectivity index (χ3n) is 6.02. The molecule has 1 aromatic carbocycles. The lowest BCUT2D eigenvalue weighted by Gasteiger charge is -2.53. The largest absolute Gasteiger partial charge is 0.379 e. The number of ether oxygens (including phenoxy) is 1. The first-order chi connectivity index (χ1) is 12.7. The summed E-state index contributed by atoms with van der Waals surface area (Å²) in [7, 11) is 0. The lowest BCUT2D eigenvalue weighted by Crippen LogP contribution is -2.62. The molecule has 4 nitrogen and oxygen atoms in total. The maximum Gasteiger partial charge on any atom is 0.130 e. The predicted molar refractivity (Wildman–Crippen MR) is 103 cm³/mol. The predicted octanol–water partition coefficient (Wildman–Crippen LogP) is 2.93. The van der Waals surface area contributed by atoms with Crippen molar-refractivity contribution >= 4 is 11.6 Å². The molecule has 0 bridgehead atoms. The lowest BCUT2D eigenvalue weighted by atomic mass is 9.68. The van der Waals surface area contributed by atoms with Gasteiger partial charge in [0.25, 0.3) is 0 Å². The van der Waals surface area contributed by atoms with Gasteiger partial charge in [-0.05, 0) is 50.3 Å². The Labute approximate surface area is 161 Å². The fourth-order valence-corrected chi connectivity index (χ4v) is 4.97. The number of hydrogen-bond donors (Lipinski definition) is 1. The van der Waals surface area contributed by atoms with Gasteiger partial charge in [-0.1, -0.05) is 29.5 Å². The lowest BCUT2D eigenvalue weighted by molar-refractivity contribution is -0.170. The van der Waals surface area contributed by atoms with Gasteiger partial charge < -0.3 is 9.84 Å². The zero-order valence-electron chi connectivity index (χ0n) is 15.2. The summed E-state index contributed by atoms with van der Waals surface area (Å²) in [6.07, 6.45) is 5.08. The Morgan fingerprint density at radius 2 is 2.00 bits per heavy atom. The Morgan fingerprint density at radius 3 is 2.81 bits per heavy atom. The fraction of sp³-hybridized carbons (Fsp3) is 0.619. The molecule has 1 aliphatic carbocycles. The van der Waals surface area contributed by atoms with Gasteiger partial charge in [0.2, 0.25) is 0 Å². The Morgan fingerprint density at radius 1 is 1.15 bits per heavy atom. The Bertz CT molecular complexity index is 695. The number of aliphatic hydroxyl groups is 1. The van der Waals surface area contributed by atoms with Crippen LogP contribution in [0.1, 0.15) is 37.7 Å². The topological polar surface area (TPSA) is 35.9 Å². The average molecular weight is 375 g/mol. The van der Waals surface area contributed by atoms with E-state index in [1.54, 1.807) is 0 Å². The molecular formula is C21H27ClN2O2. The van der Waals surface area contributed by atoms with Crippen LogP contribution in [0.4, 0.5) is 0 Å². The van der Waals surface area contributed by atoms with E-state index < -0.39 is 5.60 Å². The van der Waals surface area contributed by atoms with E-state index in [0.29, 0.717) is 11.1 Å². The monoisotopic (exact) mass is 374 g/mol. The minimum atomic E-state index is -0.907. The van der Waals surface area contributed by atoms with E-state index in [1.807, 2.05) is 24.3 Å². The van der Waals surface area contributed by atoms with Gasteiger partial charge in [0.15, 0.2) is 0 Å². The minimum absolute atomic E-state index is 0.208. The summed E-state index contributed by atoms with van der Waals surface area (Å²) in [4.78, 5) is 0. The molecule has 5 heteroatoms. The highest BCUT2D eigenvalue weighted by molar-refractivity contribution is 6.30. The van der Waals surface area contributed by atoms with Gasteiger partial charge in [-0.2, -0.15) is 0 Å². The molecule has 3 unspecified atom stereocenters. The first-order valence-corrected chi connectivity index (χ1v) is 10.1. The van der Waals surface area contributed by atoms with Crippen LogP contribution in [0.2, 0.25) is 5.02 Å². The van der Waals surface area contributed by atoms with Crippen LogP contribution < -0.4 is 0 Å². The summed E-state index contributed by atoms with van der Waals surface area (Å²) in [5.74, 6) is 6.64. The van der Waals surface area contributed by atoms with E-state index in [4.69, 9.17) is 16.3 Å². The molecule has 2 saturated heterocycles. The number of morpholine rings is 1. The number of piperidine rings is 1. The molecule has 1 aromatic rings. The third-order valence-corrected chi connectivity index (χ3v) is 6.25. The second-order valence-electron chi connectivity index (χ2n) is 7.62. The van der Waals surface area contributed by atoms with E-state index in [9.17, 15) is 5.11 Å². The summed E-state index contributed by atoms with van der Waals surface area (Å²) in [6.45, 7) is 4.59. The molecule has 2 heterocycles. The smallest absolute Gasteiger partial charge is 0.130 e. The van der Waals surface area contributed by atoms with Gasteiger partial charge in [0.05, 0.1) is 13.2 Å². The van der Waals surface area contributed by atoms with Crippen molar-refractivity contribution in [1.29, 1.82) is 0 Å². The van der Waals surface area contributed by atoms with Crippen molar-refractivity contribution in [2.75, 3.05) is 32.8 Å². The Kier molecular flexibility index (Phi) is 5.54. The van der Waals surface area contributed by atoms with Crippen molar-refractivity contribution in [2.24, 2.45) is 5.92 Å². The number of nitrogens with zero attached hydrogens (tertiary/aromatic N) is 2. The van der Waals surface area contributed by atoms with Crippen LogP contribution >= 0.6 is 11.6 Å². The van der Waals surface area contributed by atoms with E-state index in [1.165, 1.54) is 0 Å². The number of rotatable bonds is 1. The van der Waals surface area contributed by atoms with Gasteiger partial charge >= 0.3 is 0 Å². The van der Waals surface area contributed by atoms with Crippen molar-refractivity contribution in [2.45, 2.75) is 43.7 Å². The molecule has 0 amide bonds. The molecule has 3 aliphatic rings. The fourth-order valence-electron chi connectivity index (χ4n) is 4.78. The van der Waals surface area contributed by atoms with Gasteiger partial charge in [0.1, 0.15) is 5.60 Å². The van der Waals surface area contributed by atoms with Crippen molar-refractivity contribution in [1.82, 2.24) is 10.0 Å². The Hall–Kier alpha value is -1.09. The normalized spacial score (nSPS) is 33.2. The summed E-state index contributed by atoms with van der Waals surface area (Å²) in [5, 5.41) is 17.1. The summed E-state index contributed by atoms with van der Waals surface area (Å²) < 4.78 is 5.51.